The van der Waals surface area contributed by atoms with Gasteiger partial charge in [0.25, 0.3) is 0 Å². The molecule has 0 spiro atoms. The van der Waals surface area contributed by atoms with Gasteiger partial charge < -0.3 is 14.9 Å². The molecule has 0 saturated carbocycles. The molecule has 4 nitrogen and oxygen atoms in total. The fourth-order valence-corrected chi connectivity index (χ4v) is 1.61. The third-order valence-electron chi connectivity index (χ3n) is 2.40. The minimum atomic E-state index is -4.17. The van der Waals surface area contributed by atoms with E-state index in [0.29, 0.717) is 5.56 Å². The Balaban J connectivity index is 2.97. The highest BCUT2D eigenvalue weighted by Crippen LogP contribution is 2.52. The number of phenols is 1. The van der Waals surface area contributed by atoms with Gasteiger partial charge in [-0.15, -0.1) is 0 Å². The van der Waals surface area contributed by atoms with E-state index in [4.69, 9.17) is 9.79 Å². The van der Waals surface area contributed by atoms with Gasteiger partial charge in [0.15, 0.2) is 0 Å². The molecule has 0 saturated heterocycles. The summed E-state index contributed by atoms with van der Waals surface area (Å²) in [5.74, 6) is 0.0685. The Morgan fingerprint density at radius 3 is 2.27 bits per heavy atom. The Morgan fingerprint density at radius 2 is 1.80 bits per heavy atom. The molecule has 0 bridgehead atoms. The zero-order valence-electron chi connectivity index (χ0n) is 8.71. The number of rotatable bonds is 3. The van der Waals surface area contributed by atoms with Crippen molar-refractivity contribution >= 4 is 7.60 Å². The van der Waals surface area contributed by atoms with E-state index >= 15 is 0 Å². The number of hydrogen-bond acceptors (Lipinski definition) is 2. The van der Waals surface area contributed by atoms with Gasteiger partial charge in [-0.25, -0.2) is 0 Å². The second kappa shape index (κ2) is 3.97. The average molecular weight is 230 g/mol. The van der Waals surface area contributed by atoms with E-state index < -0.39 is 12.8 Å². The summed E-state index contributed by atoms with van der Waals surface area (Å²) < 4.78 is 11.2. The molecule has 3 N–H and O–H groups in total. The molecular formula is C10H15O4P. The molecule has 0 unspecified atom stereocenters. The SMILES string of the molecule is CC(C)(Cc1ccccc1O)P(=O)(O)O. The number of phenolic OH excluding ortho intramolecular Hbond substituents is 1. The van der Waals surface area contributed by atoms with Crippen LogP contribution in [0.25, 0.3) is 0 Å². The smallest absolute Gasteiger partial charge is 0.331 e. The van der Waals surface area contributed by atoms with Crippen LogP contribution in [0.2, 0.25) is 0 Å². The van der Waals surface area contributed by atoms with Crippen molar-refractivity contribution < 1.29 is 19.5 Å². The molecule has 0 aliphatic heterocycles. The maximum absolute atomic E-state index is 11.2. The van der Waals surface area contributed by atoms with E-state index in [1.165, 1.54) is 19.9 Å². The van der Waals surface area contributed by atoms with Gasteiger partial charge in [-0.3, -0.25) is 4.57 Å². The van der Waals surface area contributed by atoms with Crippen LogP contribution in [0.3, 0.4) is 0 Å². The first-order valence-electron chi connectivity index (χ1n) is 4.56. The summed E-state index contributed by atoms with van der Waals surface area (Å²) >= 11 is 0. The van der Waals surface area contributed by atoms with Crippen molar-refractivity contribution in [2.24, 2.45) is 0 Å². The number of para-hydroxylation sites is 1. The van der Waals surface area contributed by atoms with Crippen molar-refractivity contribution in [1.82, 2.24) is 0 Å². The highest BCUT2D eigenvalue weighted by atomic mass is 31.2. The van der Waals surface area contributed by atoms with Gasteiger partial charge in [-0.05, 0) is 31.9 Å². The normalized spacial score (nSPS) is 12.8. The lowest BCUT2D eigenvalue weighted by molar-refractivity contribution is 0.334. The predicted octanol–water partition coefficient (Wildman–Crippen LogP) is 1.89. The molecule has 0 aromatic heterocycles. The van der Waals surface area contributed by atoms with E-state index in [9.17, 15) is 9.67 Å². The molecule has 84 valence electrons. The van der Waals surface area contributed by atoms with Crippen molar-refractivity contribution in [2.45, 2.75) is 25.4 Å². The minimum Gasteiger partial charge on any atom is -0.508 e. The maximum atomic E-state index is 11.2. The van der Waals surface area contributed by atoms with Crippen molar-refractivity contribution in [2.75, 3.05) is 0 Å². The van der Waals surface area contributed by atoms with Crippen molar-refractivity contribution in [1.29, 1.82) is 0 Å². The van der Waals surface area contributed by atoms with Crippen molar-refractivity contribution in [3.05, 3.63) is 29.8 Å². The molecule has 0 heterocycles. The van der Waals surface area contributed by atoms with Crippen LogP contribution in [-0.4, -0.2) is 20.0 Å². The van der Waals surface area contributed by atoms with Gasteiger partial charge >= 0.3 is 7.60 Å². The van der Waals surface area contributed by atoms with Crippen LogP contribution in [0.4, 0.5) is 0 Å². The lowest BCUT2D eigenvalue weighted by Crippen LogP contribution is -2.23. The highest BCUT2D eigenvalue weighted by molar-refractivity contribution is 7.53. The fraction of sp³-hybridized carbons (Fsp3) is 0.400. The molecule has 0 atom stereocenters. The van der Waals surface area contributed by atoms with Crippen LogP contribution in [0.5, 0.6) is 5.75 Å². The zero-order chi connectivity index (χ0) is 11.7. The number of aromatic hydroxyl groups is 1. The molecule has 0 aliphatic carbocycles. The summed E-state index contributed by atoms with van der Waals surface area (Å²) in [6.07, 6.45) is 0.143. The van der Waals surface area contributed by atoms with E-state index in [2.05, 4.69) is 0 Å². The number of hydrogen-bond donors (Lipinski definition) is 3. The van der Waals surface area contributed by atoms with Crippen LogP contribution in [0, 0.1) is 0 Å². The van der Waals surface area contributed by atoms with Gasteiger partial charge in [0.1, 0.15) is 5.75 Å². The van der Waals surface area contributed by atoms with Gasteiger partial charge in [-0.1, -0.05) is 18.2 Å². The Hall–Kier alpha value is -0.830. The summed E-state index contributed by atoms with van der Waals surface area (Å²) in [4.78, 5) is 18.3. The molecule has 0 amide bonds. The summed E-state index contributed by atoms with van der Waals surface area (Å²) in [5.41, 5.74) is 0.547. The van der Waals surface area contributed by atoms with E-state index in [1.54, 1.807) is 18.2 Å². The third kappa shape index (κ3) is 2.81. The first-order valence-corrected chi connectivity index (χ1v) is 6.18. The van der Waals surface area contributed by atoms with E-state index in [0.717, 1.165) is 0 Å². The standard InChI is InChI=1S/C10H15O4P/c1-10(2,15(12,13)14)7-8-5-3-4-6-9(8)11/h3-6,11H,7H2,1-2H3,(H2,12,13,14). The topological polar surface area (TPSA) is 77.8 Å². The monoisotopic (exact) mass is 230 g/mol. The van der Waals surface area contributed by atoms with E-state index in [1.807, 2.05) is 0 Å². The maximum Gasteiger partial charge on any atom is 0.331 e. The largest absolute Gasteiger partial charge is 0.508 e. The molecular weight excluding hydrogens is 215 g/mol. The molecule has 1 aromatic rings. The van der Waals surface area contributed by atoms with Gasteiger partial charge in [0.05, 0.1) is 5.16 Å². The second-order valence-electron chi connectivity index (χ2n) is 4.16. The van der Waals surface area contributed by atoms with Crippen LogP contribution in [0.1, 0.15) is 19.4 Å². The van der Waals surface area contributed by atoms with Crippen LogP contribution >= 0.6 is 7.60 Å². The Bertz CT molecular complexity index is 394. The molecule has 5 heteroatoms. The van der Waals surface area contributed by atoms with Crippen molar-refractivity contribution in [3.63, 3.8) is 0 Å². The highest BCUT2D eigenvalue weighted by Gasteiger charge is 2.38. The first kappa shape index (κ1) is 12.2. The summed E-state index contributed by atoms with van der Waals surface area (Å²) in [6, 6.07) is 6.56. The van der Waals surface area contributed by atoms with Gasteiger partial charge in [0, 0.05) is 0 Å². The van der Waals surface area contributed by atoms with Gasteiger partial charge in [0.2, 0.25) is 0 Å². The minimum absolute atomic E-state index is 0.0685. The fourth-order valence-electron chi connectivity index (χ4n) is 1.23. The average Bonchev–Trinajstić information content (AvgIpc) is 2.06. The second-order valence-corrected chi connectivity index (χ2v) is 6.46. The molecule has 0 fully saturated rings. The first-order chi connectivity index (χ1) is 6.74. The lowest BCUT2D eigenvalue weighted by atomic mass is 10.0. The molecule has 15 heavy (non-hydrogen) atoms. The zero-order valence-corrected chi connectivity index (χ0v) is 9.61. The van der Waals surface area contributed by atoms with Crippen LogP contribution in [0.15, 0.2) is 24.3 Å². The van der Waals surface area contributed by atoms with Crippen LogP contribution in [-0.2, 0) is 11.0 Å². The Kier molecular flexibility index (Phi) is 3.24. The van der Waals surface area contributed by atoms with Gasteiger partial charge in [-0.2, -0.15) is 0 Å². The predicted molar refractivity (Wildman–Crippen MR) is 57.9 cm³/mol. The van der Waals surface area contributed by atoms with Crippen molar-refractivity contribution in [3.8, 4) is 5.75 Å². The summed E-state index contributed by atoms with van der Waals surface area (Å²) in [5, 5.41) is 8.33. The molecule has 0 radical (unpaired) electrons. The lowest BCUT2D eigenvalue weighted by Gasteiger charge is -2.25. The quantitative estimate of drug-likeness (QED) is 0.693. The number of benzene rings is 1. The molecule has 0 aliphatic rings. The Labute approximate surface area is 88.7 Å². The summed E-state index contributed by atoms with van der Waals surface area (Å²) in [6.45, 7) is 2.97. The molecule has 1 aromatic carbocycles. The van der Waals surface area contributed by atoms with E-state index in [-0.39, 0.29) is 12.2 Å². The molecule has 1 rings (SSSR count). The summed E-state index contributed by atoms with van der Waals surface area (Å²) in [7, 11) is -4.17. The third-order valence-corrected chi connectivity index (χ3v) is 4.14. The van der Waals surface area contributed by atoms with Crippen LogP contribution < -0.4 is 0 Å². The Morgan fingerprint density at radius 1 is 1.27 bits per heavy atom.